The quantitative estimate of drug-likeness (QED) is 0.804. The van der Waals surface area contributed by atoms with Gasteiger partial charge in [0.2, 0.25) is 0 Å². The molecular formula is C18H22O2S. The average molecular weight is 302 g/mol. The largest absolute Gasteiger partial charge is 0.390 e. The molecule has 0 spiro atoms. The minimum Gasteiger partial charge on any atom is -0.390 e. The number of benzene rings is 2. The lowest BCUT2D eigenvalue weighted by Gasteiger charge is -2.12. The van der Waals surface area contributed by atoms with Crippen LogP contribution >= 0.6 is 11.8 Å². The Balaban J connectivity index is 1.62. The van der Waals surface area contributed by atoms with Gasteiger partial charge in [-0.25, -0.2) is 0 Å². The smallest absolute Gasteiger partial charge is 0.0864 e. The fourth-order valence-corrected chi connectivity index (χ4v) is 3.04. The van der Waals surface area contributed by atoms with Gasteiger partial charge in [0.05, 0.1) is 19.3 Å². The SMILES string of the molecule is Cc1ccccc1CSCC(O)COCc1ccccc1. The van der Waals surface area contributed by atoms with Crippen molar-refractivity contribution in [2.24, 2.45) is 0 Å². The summed E-state index contributed by atoms with van der Waals surface area (Å²) in [5.41, 5.74) is 3.77. The molecule has 3 heteroatoms. The summed E-state index contributed by atoms with van der Waals surface area (Å²) >= 11 is 1.74. The monoisotopic (exact) mass is 302 g/mol. The minimum atomic E-state index is -0.414. The summed E-state index contributed by atoms with van der Waals surface area (Å²) in [6, 6.07) is 18.4. The number of aliphatic hydroxyl groups excluding tert-OH is 1. The van der Waals surface area contributed by atoms with Crippen LogP contribution in [-0.4, -0.2) is 23.6 Å². The average Bonchev–Trinajstić information content (AvgIpc) is 2.50. The minimum absolute atomic E-state index is 0.385. The van der Waals surface area contributed by atoms with Crippen molar-refractivity contribution in [1.82, 2.24) is 0 Å². The van der Waals surface area contributed by atoms with E-state index in [1.807, 2.05) is 30.3 Å². The number of hydrogen-bond donors (Lipinski definition) is 1. The highest BCUT2D eigenvalue weighted by Crippen LogP contribution is 2.16. The molecule has 112 valence electrons. The Bertz CT molecular complexity index is 528. The zero-order chi connectivity index (χ0) is 14.9. The van der Waals surface area contributed by atoms with E-state index in [1.54, 1.807) is 11.8 Å². The molecule has 0 bridgehead atoms. The second-order valence-corrected chi connectivity index (χ2v) is 6.13. The number of aliphatic hydroxyl groups is 1. The maximum absolute atomic E-state index is 9.93. The van der Waals surface area contributed by atoms with Crippen molar-refractivity contribution >= 4 is 11.8 Å². The predicted octanol–water partition coefficient (Wildman–Crippen LogP) is 3.81. The molecule has 0 aliphatic carbocycles. The fraction of sp³-hybridized carbons (Fsp3) is 0.333. The van der Waals surface area contributed by atoms with Crippen molar-refractivity contribution in [3.8, 4) is 0 Å². The first-order chi connectivity index (χ1) is 10.3. The zero-order valence-corrected chi connectivity index (χ0v) is 13.2. The molecule has 21 heavy (non-hydrogen) atoms. The van der Waals surface area contributed by atoms with E-state index in [0.29, 0.717) is 19.0 Å². The summed E-state index contributed by atoms with van der Waals surface area (Å²) in [4.78, 5) is 0. The summed E-state index contributed by atoms with van der Waals surface area (Å²) in [5, 5.41) is 9.93. The molecule has 1 unspecified atom stereocenters. The molecule has 1 N–H and O–H groups in total. The molecule has 2 nitrogen and oxygen atoms in total. The van der Waals surface area contributed by atoms with Crippen molar-refractivity contribution in [2.75, 3.05) is 12.4 Å². The lowest BCUT2D eigenvalue weighted by Crippen LogP contribution is -2.18. The first-order valence-electron chi connectivity index (χ1n) is 7.17. The van der Waals surface area contributed by atoms with Crippen molar-refractivity contribution in [2.45, 2.75) is 25.4 Å². The van der Waals surface area contributed by atoms with Gasteiger partial charge in [-0.05, 0) is 23.6 Å². The molecule has 2 aromatic carbocycles. The molecule has 2 aromatic rings. The summed E-state index contributed by atoms with van der Waals surface area (Å²) in [6.45, 7) is 3.06. The third-order valence-electron chi connectivity index (χ3n) is 3.25. The lowest BCUT2D eigenvalue weighted by molar-refractivity contribution is 0.0398. The molecule has 0 saturated heterocycles. The van der Waals surface area contributed by atoms with Crippen LogP contribution < -0.4 is 0 Å². The van der Waals surface area contributed by atoms with Crippen LogP contribution in [0.4, 0.5) is 0 Å². The van der Waals surface area contributed by atoms with Gasteiger partial charge < -0.3 is 9.84 Å². The predicted molar refractivity (Wildman–Crippen MR) is 89.4 cm³/mol. The molecule has 0 aromatic heterocycles. The van der Waals surface area contributed by atoms with E-state index in [9.17, 15) is 5.11 Å². The van der Waals surface area contributed by atoms with Crippen molar-refractivity contribution in [3.63, 3.8) is 0 Å². The summed E-state index contributed by atoms with van der Waals surface area (Å²) < 4.78 is 5.54. The molecular weight excluding hydrogens is 280 g/mol. The molecule has 0 radical (unpaired) electrons. The molecule has 0 amide bonds. The second-order valence-electron chi connectivity index (χ2n) is 5.10. The number of rotatable bonds is 8. The fourth-order valence-electron chi connectivity index (χ4n) is 2.01. The Labute approximate surface area is 131 Å². The van der Waals surface area contributed by atoms with E-state index in [2.05, 4.69) is 31.2 Å². The highest BCUT2D eigenvalue weighted by molar-refractivity contribution is 7.98. The molecule has 0 heterocycles. The third-order valence-corrected chi connectivity index (χ3v) is 4.39. The second kappa shape index (κ2) is 8.88. The molecule has 1 atom stereocenters. The van der Waals surface area contributed by atoms with Crippen molar-refractivity contribution in [3.05, 3.63) is 71.3 Å². The van der Waals surface area contributed by atoms with E-state index in [0.717, 1.165) is 11.3 Å². The van der Waals surface area contributed by atoms with E-state index in [-0.39, 0.29) is 0 Å². The highest BCUT2D eigenvalue weighted by atomic mass is 32.2. The number of thioether (sulfide) groups is 1. The molecule has 0 fully saturated rings. The lowest BCUT2D eigenvalue weighted by atomic mass is 10.1. The maximum atomic E-state index is 9.93. The Hall–Kier alpha value is -1.29. The van der Waals surface area contributed by atoms with Gasteiger partial charge in [-0.3, -0.25) is 0 Å². The molecule has 0 saturated carbocycles. The van der Waals surface area contributed by atoms with Gasteiger partial charge in [0.1, 0.15) is 0 Å². The van der Waals surface area contributed by atoms with E-state index < -0.39 is 6.10 Å². The van der Waals surface area contributed by atoms with Crippen LogP contribution in [0.25, 0.3) is 0 Å². The zero-order valence-electron chi connectivity index (χ0n) is 12.4. The van der Waals surface area contributed by atoms with Crippen molar-refractivity contribution < 1.29 is 9.84 Å². The van der Waals surface area contributed by atoms with Crippen LogP contribution in [0.5, 0.6) is 0 Å². The van der Waals surface area contributed by atoms with E-state index in [1.165, 1.54) is 11.1 Å². The Morgan fingerprint density at radius 2 is 1.76 bits per heavy atom. The number of ether oxygens (including phenoxy) is 1. The molecule has 0 aliphatic heterocycles. The van der Waals surface area contributed by atoms with Gasteiger partial charge in [0, 0.05) is 11.5 Å². The first-order valence-corrected chi connectivity index (χ1v) is 8.33. The first kappa shape index (κ1) is 16.1. The normalized spacial score (nSPS) is 12.3. The summed E-state index contributed by atoms with van der Waals surface area (Å²) in [5.74, 6) is 1.63. The van der Waals surface area contributed by atoms with E-state index in [4.69, 9.17) is 4.74 Å². The highest BCUT2D eigenvalue weighted by Gasteiger charge is 2.06. The van der Waals surface area contributed by atoms with Gasteiger partial charge in [-0.2, -0.15) is 11.8 Å². The Morgan fingerprint density at radius 1 is 1.05 bits per heavy atom. The van der Waals surface area contributed by atoms with Crippen LogP contribution in [0, 0.1) is 6.92 Å². The van der Waals surface area contributed by atoms with Gasteiger partial charge in [0.25, 0.3) is 0 Å². The van der Waals surface area contributed by atoms with Gasteiger partial charge in [-0.1, -0.05) is 54.6 Å². The molecule has 2 rings (SSSR count). The number of hydrogen-bond acceptors (Lipinski definition) is 3. The number of aryl methyl sites for hydroxylation is 1. The topological polar surface area (TPSA) is 29.5 Å². The summed E-state index contributed by atoms with van der Waals surface area (Å²) in [6.07, 6.45) is -0.414. The Kier molecular flexibility index (Phi) is 6.80. The molecule has 0 aliphatic rings. The van der Waals surface area contributed by atoms with Gasteiger partial charge >= 0.3 is 0 Å². The van der Waals surface area contributed by atoms with Crippen LogP contribution in [-0.2, 0) is 17.1 Å². The standard InChI is InChI=1S/C18H22O2S/c1-15-7-5-6-10-17(15)13-21-14-18(19)12-20-11-16-8-3-2-4-9-16/h2-10,18-19H,11-14H2,1H3. The van der Waals surface area contributed by atoms with Crippen molar-refractivity contribution in [1.29, 1.82) is 0 Å². The van der Waals surface area contributed by atoms with Gasteiger partial charge in [0.15, 0.2) is 0 Å². The third kappa shape index (κ3) is 5.92. The maximum Gasteiger partial charge on any atom is 0.0864 e. The van der Waals surface area contributed by atoms with E-state index >= 15 is 0 Å². The van der Waals surface area contributed by atoms with Gasteiger partial charge in [-0.15, -0.1) is 0 Å². The van der Waals surface area contributed by atoms with Crippen LogP contribution in [0.1, 0.15) is 16.7 Å². The summed E-state index contributed by atoms with van der Waals surface area (Å²) in [7, 11) is 0. The van der Waals surface area contributed by atoms with Crippen LogP contribution in [0.2, 0.25) is 0 Å². The van der Waals surface area contributed by atoms with Crippen LogP contribution in [0.3, 0.4) is 0 Å². The van der Waals surface area contributed by atoms with Crippen LogP contribution in [0.15, 0.2) is 54.6 Å². The Morgan fingerprint density at radius 3 is 2.52 bits per heavy atom.